The second-order valence-electron chi connectivity index (χ2n) is 5.41. The van der Waals surface area contributed by atoms with E-state index in [1.807, 2.05) is 4.90 Å². The Hall–Kier alpha value is -1.30. The first-order chi connectivity index (χ1) is 10.4. The van der Waals surface area contributed by atoms with Gasteiger partial charge in [-0.3, -0.25) is 14.5 Å². The Morgan fingerprint density at radius 3 is 2.68 bits per heavy atom. The van der Waals surface area contributed by atoms with Gasteiger partial charge in [0.15, 0.2) is 0 Å². The highest BCUT2D eigenvalue weighted by Crippen LogP contribution is 2.29. The van der Waals surface area contributed by atoms with Gasteiger partial charge in [-0.1, -0.05) is 23.2 Å². The van der Waals surface area contributed by atoms with Crippen LogP contribution in [0.15, 0.2) is 18.2 Å². The molecule has 0 aromatic heterocycles. The van der Waals surface area contributed by atoms with Crippen molar-refractivity contribution in [2.75, 3.05) is 11.9 Å². The molecule has 0 saturated heterocycles. The number of carbonyl (C=O) groups is 2. The van der Waals surface area contributed by atoms with Crippen LogP contribution in [-0.2, 0) is 9.59 Å². The number of nitrogens with one attached hydrogen (secondary N) is 1. The second-order valence-corrected chi connectivity index (χ2v) is 6.25. The molecule has 0 spiro atoms. The molecule has 0 radical (unpaired) electrons. The molecule has 0 bridgehead atoms. The molecule has 1 aliphatic rings. The van der Waals surface area contributed by atoms with E-state index in [0.29, 0.717) is 22.3 Å². The fraction of sp³-hybridized carbons (Fsp3) is 0.467. The molecule has 7 heteroatoms. The summed E-state index contributed by atoms with van der Waals surface area (Å²) in [6, 6.07) is 4.52. The SMILES string of the molecule is CC(C(=O)O)N(CCC(=O)Nc1cc(Cl)ccc1Cl)C1CC1. The standard InChI is InChI=1S/C15H18Cl2N2O3/c1-9(15(21)22)19(11-3-4-11)7-6-14(20)18-13-8-10(16)2-5-12(13)17/h2,5,8-9,11H,3-4,6-7H2,1H3,(H,18,20)(H,21,22). The van der Waals surface area contributed by atoms with Crippen LogP contribution in [0.3, 0.4) is 0 Å². The maximum Gasteiger partial charge on any atom is 0.320 e. The van der Waals surface area contributed by atoms with Crippen molar-refractivity contribution in [2.24, 2.45) is 0 Å². The predicted molar refractivity (Wildman–Crippen MR) is 86.5 cm³/mol. The number of anilines is 1. The number of nitrogens with zero attached hydrogens (tertiary/aromatic N) is 1. The normalized spacial score (nSPS) is 15.6. The third kappa shape index (κ3) is 4.60. The zero-order valence-corrected chi connectivity index (χ0v) is 13.7. The average molecular weight is 345 g/mol. The Labute approximate surface area is 139 Å². The van der Waals surface area contributed by atoms with Crippen LogP contribution < -0.4 is 5.32 Å². The first-order valence-electron chi connectivity index (χ1n) is 7.12. The summed E-state index contributed by atoms with van der Waals surface area (Å²) in [5.74, 6) is -1.09. The lowest BCUT2D eigenvalue weighted by Crippen LogP contribution is -2.42. The van der Waals surface area contributed by atoms with Gasteiger partial charge in [0.2, 0.25) is 5.91 Å². The summed E-state index contributed by atoms with van der Waals surface area (Å²) in [6.07, 6.45) is 2.18. The minimum absolute atomic E-state index is 0.205. The van der Waals surface area contributed by atoms with Crippen molar-refractivity contribution in [3.8, 4) is 0 Å². The average Bonchev–Trinajstić information content (AvgIpc) is 3.27. The number of hydrogen-bond acceptors (Lipinski definition) is 3. The van der Waals surface area contributed by atoms with Crippen molar-refractivity contribution in [1.29, 1.82) is 0 Å². The maximum absolute atomic E-state index is 12.0. The molecule has 1 unspecified atom stereocenters. The molecule has 0 heterocycles. The van der Waals surface area contributed by atoms with E-state index in [0.717, 1.165) is 12.8 Å². The van der Waals surface area contributed by atoms with Crippen LogP contribution in [0.2, 0.25) is 10.0 Å². The number of rotatable bonds is 7. The van der Waals surface area contributed by atoms with Crippen molar-refractivity contribution < 1.29 is 14.7 Å². The molecule has 1 fully saturated rings. The summed E-state index contributed by atoms with van der Waals surface area (Å²) in [5, 5.41) is 12.7. The van der Waals surface area contributed by atoms with Crippen LogP contribution in [0.5, 0.6) is 0 Å². The highest BCUT2D eigenvalue weighted by molar-refractivity contribution is 6.35. The lowest BCUT2D eigenvalue weighted by molar-refractivity contribution is -0.143. The number of hydrogen-bond donors (Lipinski definition) is 2. The smallest absolute Gasteiger partial charge is 0.320 e. The second kappa shape index (κ2) is 7.31. The van der Waals surface area contributed by atoms with Crippen LogP contribution in [0.4, 0.5) is 5.69 Å². The third-order valence-electron chi connectivity index (χ3n) is 3.67. The predicted octanol–water partition coefficient (Wildman–Crippen LogP) is 3.26. The molecule has 1 aliphatic carbocycles. The maximum atomic E-state index is 12.0. The fourth-order valence-electron chi connectivity index (χ4n) is 2.28. The monoisotopic (exact) mass is 344 g/mol. The summed E-state index contributed by atoms with van der Waals surface area (Å²) in [4.78, 5) is 25.0. The largest absolute Gasteiger partial charge is 0.480 e. The molecule has 22 heavy (non-hydrogen) atoms. The molecule has 1 amide bonds. The topological polar surface area (TPSA) is 69.6 Å². The molecule has 2 rings (SSSR count). The molecule has 1 saturated carbocycles. The number of benzene rings is 1. The molecule has 0 aliphatic heterocycles. The summed E-state index contributed by atoms with van der Waals surface area (Å²) in [7, 11) is 0. The van der Waals surface area contributed by atoms with E-state index >= 15 is 0 Å². The van der Waals surface area contributed by atoms with Crippen molar-refractivity contribution >= 4 is 40.8 Å². The number of carboxylic acids is 1. The van der Waals surface area contributed by atoms with Crippen molar-refractivity contribution in [3.63, 3.8) is 0 Å². The highest BCUT2D eigenvalue weighted by Gasteiger charge is 2.34. The molecular formula is C15H18Cl2N2O3. The van der Waals surface area contributed by atoms with Gasteiger partial charge in [0.25, 0.3) is 0 Å². The number of amides is 1. The van der Waals surface area contributed by atoms with E-state index in [-0.39, 0.29) is 18.4 Å². The van der Waals surface area contributed by atoms with Gasteiger partial charge in [0.1, 0.15) is 6.04 Å². The van der Waals surface area contributed by atoms with Gasteiger partial charge >= 0.3 is 5.97 Å². The quantitative estimate of drug-likeness (QED) is 0.796. The van der Waals surface area contributed by atoms with Gasteiger partial charge in [-0.15, -0.1) is 0 Å². The van der Waals surface area contributed by atoms with Crippen LogP contribution >= 0.6 is 23.2 Å². The number of carboxylic acid groups (broad SMARTS) is 1. The minimum atomic E-state index is -0.870. The van der Waals surface area contributed by atoms with Gasteiger partial charge in [0, 0.05) is 24.0 Å². The Kier molecular flexibility index (Phi) is 5.67. The van der Waals surface area contributed by atoms with Crippen molar-refractivity contribution in [1.82, 2.24) is 4.90 Å². The van der Waals surface area contributed by atoms with Gasteiger partial charge in [-0.2, -0.15) is 0 Å². The number of halogens is 2. The Morgan fingerprint density at radius 2 is 2.09 bits per heavy atom. The van der Waals surface area contributed by atoms with Crippen molar-refractivity contribution in [2.45, 2.75) is 38.3 Å². The molecule has 1 aromatic carbocycles. The first-order valence-corrected chi connectivity index (χ1v) is 7.87. The van der Waals surface area contributed by atoms with Gasteiger partial charge in [0.05, 0.1) is 10.7 Å². The fourth-order valence-corrected chi connectivity index (χ4v) is 2.61. The van der Waals surface area contributed by atoms with E-state index in [2.05, 4.69) is 5.32 Å². The zero-order chi connectivity index (χ0) is 16.3. The summed E-state index contributed by atoms with van der Waals surface area (Å²) < 4.78 is 0. The molecule has 120 valence electrons. The van der Waals surface area contributed by atoms with E-state index in [9.17, 15) is 9.59 Å². The zero-order valence-electron chi connectivity index (χ0n) is 12.2. The summed E-state index contributed by atoms with van der Waals surface area (Å²) in [6.45, 7) is 2.05. The number of carbonyl (C=O) groups excluding carboxylic acids is 1. The Bertz CT molecular complexity index is 576. The molecule has 1 aromatic rings. The van der Waals surface area contributed by atoms with Crippen LogP contribution in [0.1, 0.15) is 26.2 Å². The minimum Gasteiger partial charge on any atom is -0.480 e. The molecule has 1 atom stereocenters. The van der Waals surface area contributed by atoms with Crippen LogP contribution in [0.25, 0.3) is 0 Å². The lowest BCUT2D eigenvalue weighted by atomic mass is 10.2. The van der Waals surface area contributed by atoms with Crippen molar-refractivity contribution in [3.05, 3.63) is 28.2 Å². The van der Waals surface area contributed by atoms with E-state index < -0.39 is 12.0 Å². The molecule has 5 nitrogen and oxygen atoms in total. The van der Waals surface area contributed by atoms with E-state index in [1.165, 1.54) is 0 Å². The first kappa shape index (κ1) is 17.1. The Balaban J connectivity index is 1.91. The molecular weight excluding hydrogens is 327 g/mol. The summed E-state index contributed by atoms with van der Waals surface area (Å²) >= 11 is 11.9. The van der Waals surface area contributed by atoms with Gasteiger partial charge < -0.3 is 10.4 Å². The van der Waals surface area contributed by atoms with Gasteiger partial charge in [-0.05, 0) is 38.0 Å². The highest BCUT2D eigenvalue weighted by atomic mass is 35.5. The van der Waals surface area contributed by atoms with E-state index in [1.54, 1.807) is 25.1 Å². The van der Waals surface area contributed by atoms with Crippen LogP contribution in [-0.4, -0.2) is 40.5 Å². The lowest BCUT2D eigenvalue weighted by Gasteiger charge is -2.25. The third-order valence-corrected chi connectivity index (χ3v) is 4.23. The summed E-state index contributed by atoms with van der Waals surface area (Å²) in [5.41, 5.74) is 0.462. The van der Waals surface area contributed by atoms with E-state index in [4.69, 9.17) is 28.3 Å². The molecule has 2 N–H and O–H groups in total. The van der Waals surface area contributed by atoms with Crippen LogP contribution in [0, 0.1) is 0 Å². The Morgan fingerprint density at radius 1 is 1.41 bits per heavy atom. The number of aliphatic carboxylic acids is 1. The van der Waals surface area contributed by atoms with Gasteiger partial charge in [-0.25, -0.2) is 0 Å².